The molecule has 0 aliphatic carbocycles. The number of nitrogens with zero attached hydrogens (tertiary/aromatic N) is 1. The summed E-state index contributed by atoms with van der Waals surface area (Å²) < 4.78 is 0.587. The summed E-state index contributed by atoms with van der Waals surface area (Å²) in [7, 11) is 1.72. The van der Waals surface area contributed by atoms with Crippen LogP contribution in [0, 0.1) is 0 Å². The van der Waals surface area contributed by atoms with E-state index in [2.05, 4.69) is 0 Å². The van der Waals surface area contributed by atoms with Crippen LogP contribution in [0.5, 0.6) is 0 Å². The maximum absolute atomic E-state index is 12.2. The lowest BCUT2D eigenvalue weighted by Gasteiger charge is -2.14. The summed E-state index contributed by atoms with van der Waals surface area (Å²) in [5.74, 6) is -1.06. The number of rotatable bonds is 5. The Hall–Kier alpha value is -1.63. The van der Waals surface area contributed by atoms with Gasteiger partial charge in [0.05, 0.1) is 15.8 Å². The highest BCUT2D eigenvalue weighted by Gasteiger charge is 2.14. The molecule has 1 amide bonds. The lowest BCUT2D eigenvalue weighted by molar-refractivity contribution is -0.131. The highest BCUT2D eigenvalue weighted by Crippen LogP contribution is 2.24. The van der Waals surface area contributed by atoms with Crippen LogP contribution in [0.25, 0.3) is 6.08 Å². The van der Waals surface area contributed by atoms with E-state index < -0.39 is 5.97 Å². The zero-order chi connectivity index (χ0) is 15.4. The average Bonchev–Trinajstić information content (AvgIpc) is 3.04. The summed E-state index contributed by atoms with van der Waals surface area (Å²) >= 11 is 8.57. The number of carbonyl (C=O) groups excluding carboxylic acids is 1. The Bertz CT molecular complexity index is 690. The normalized spacial score (nSPS) is 11.0. The predicted molar refractivity (Wildman–Crippen MR) is 86.1 cm³/mol. The summed E-state index contributed by atoms with van der Waals surface area (Å²) in [6.07, 6.45) is 2.62. The molecule has 0 bridgehead atoms. The number of aliphatic carboxylic acids is 1. The van der Waals surface area contributed by atoms with E-state index >= 15 is 0 Å². The molecule has 2 aromatic rings. The molecule has 0 atom stereocenters. The van der Waals surface area contributed by atoms with Crippen molar-refractivity contribution in [2.75, 3.05) is 7.05 Å². The molecule has 110 valence electrons. The van der Waals surface area contributed by atoms with Crippen LogP contribution < -0.4 is 0 Å². The molecule has 1 N–H and O–H groups in total. The van der Waals surface area contributed by atoms with Crippen LogP contribution in [0.4, 0.5) is 0 Å². The van der Waals surface area contributed by atoms with E-state index in [4.69, 9.17) is 16.7 Å². The largest absolute Gasteiger partial charge is 0.478 e. The Morgan fingerprint density at radius 2 is 2.19 bits per heavy atom. The zero-order valence-electron chi connectivity index (χ0n) is 11.1. The van der Waals surface area contributed by atoms with Crippen molar-refractivity contribution in [2.45, 2.75) is 6.54 Å². The number of thiophene rings is 2. The quantitative estimate of drug-likeness (QED) is 0.841. The second-order valence-corrected chi connectivity index (χ2v) is 6.99. The first-order valence-corrected chi connectivity index (χ1v) is 8.02. The van der Waals surface area contributed by atoms with Gasteiger partial charge in [0.15, 0.2) is 0 Å². The zero-order valence-corrected chi connectivity index (χ0v) is 13.5. The van der Waals surface area contributed by atoms with Gasteiger partial charge in [0.1, 0.15) is 0 Å². The van der Waals surface area contributed by atoms with E-state index in [1.165, 1.54) is 28.7 Å². The lowest BCUT2D eigenvalue weighted by atomic mass is 10.2. The Labute approximate surface area is 134 Å². The van der Waals surface area contributed by atoms with Crippen LogP contribution in [-0.4, -0.2) is 28.9 Å². The van der Waals surface area contributed by atoms with Crippen molar-refractivity contribution in [3.05, 3.63) is 49.3 Å². The Morgan fingerprint density at radius 3 is 2.81 bits per heavy atom. The fourth-order valence-electron chi connectivity index (χ4n) is 1.66. The van der Waals surface area contributed by atoms with Crippen LogP contribution in [0.3, 0.4) is 0 Å². The first kappa shape index (κ1) is 15.8. The third-order valence-electron chi connectivity index (χ3n) is 2.62. The van der Waals surface area contributed by atoms with Gasteiger partial charge in [-0.3, -0.25) is 4.79 Å². The lowest BCUT2D eigenvalue weighted by Crippen LogP contribution is -2.24. The van der Waals surface area contributed by atoms with Crippen LogP contribution in [-0.2, 0) is 11.3 Å². The minimum Gasteiger partial charge on any atom is -0.478 e. The number of halogens is 1. The summed E-state index contributed by atoms with van der Waals surface area (Å²) in [5, 5.41) is 10.4. The van der Waals surface area contributed by atoms with Crippen molar-refractivity contribution in [1.29, 1.82) is 0 Å². The smallest absolute Gasteiger partial charge is 0.328 e. The first-order chi connectivity index (χ1) is 9.95. The number of carboxylic acid groups (broad SMARTS) is 1. The minimum atomic E-state index is -0.982. The van der Waals surface area contributed by atoms with Crippen molar-refractivity contribution < 1.29 is 14.7 Å². The van der Waals surface area contributed by atoms with Crippen LogP contribution in [0.15, 0.2) is 29.7 Å². The van der Waals surface area contributed by atoms with E-state index in [-0.39, 0.29) is 5.91 Å². The highest BCUT2D eigenvalue weighted by atomic mass is 35.5. The van der Waals surface area contributed by atoms with Crippen molar-refractivity contribution in [3.63, 3.8) is 0 Å². The fraction of sp³-hybridized carbons (Fsp3) is 0.143. The third kappa shape index (κ3) is 4.42. The maximum Gasteiger partial charge on any atom is 0.328 e. The molecule has 0 radical (unpaired) electrons. The summed E-state index contributed by atoms with van der Waals surface area (Å²) in [4.78, 5) is 25.8. The summed E-state index contributed by atoms with van der Waals surface area (Å²) in [6.45, 7) is 0.472. The van der Waals surface area contributed by atoms with E-state index in [0.29, 0.717) is 15.8 Å². The number of carboxylic acids is 1. The van der Waals surface area contributed by atoms with Crippen LogP contribution in [0.2, 0.25) is 4.34 Å². The third-order valence-corrected chi connectivity index (χ3v) is 4.77. The standard InChI is InChI=1S/C14H12ClNO3S2/c1-16(14(19)11-3-4-12(15)21-11)7-10-6-9(8-20-10)2-5-13(17)18/h2-6,8H,7H2,1H3,(H,17,18). The van der Waals surface area contributed by atoms with Gasteiger partial charge in [0, 0.05) is 18.0 Å². The highest BCUT2D eigenvalue weighted by molar-refractivity contribution is 7.18. The van der Waals surface area contributed by atoms with Crippen LogP contribution >= 0.6 is 34.3 Å². The molecule has 2 heterocycles. The van der Waals surface area contributed by atoms with Gasteiger partial charge >= 0.3 is 5.97 Å². The monoisotopic (exact) mass is 341 g/mol. The number of hydrogen-bond donors (Lipinski definition) is 1. The molecule has 0 spiro atoms. The molecule has 21 heavy (non-hydrogen) atoms. The van der Waals surface area contributed by atoms with Gasteiger partial charge in [0.2, 0.25) is 0 Å². The van der Waals surface area contributed by atoms with Gasteiger partial charge in [-0.1, -0.05) is 11.6 Å². The molecular weight excluding hydrogens is 330 g/mol. The van der Waals surface area contributed by atoms with Crippen molar-refractivity contribution in [2.24, 2.45) is 0 Å². The molecule has 0 saturated carbocycles. The minimum absolute atomic E-state index is 0.0806. The predicted octanol–water partition coefficient (Wildman–Crippen LogP) is 3.83. The van der Waals surface area contributed by atoms with Gasteiger partial charge in [-0.25, -0.2) is 4.79 Å². The Morgan fingerprint density at radius 1 is 1.43 bits per heavy atom. The molecule has 0 aromatic carbocycles. The molecular formula is C14H12ClNO3S2. The van der Waals surface area contributed by atoms with Crippen LogP contribution in [0.1, 0.15) is 20.1 Å². The van der Waals surface area contributed by atoms with Gasteiger partial charge in [0.25, 0.3) is 5.91 Å². The van der Waals surface area contributed by atoms with E-state index in [1.807, 2.05) is 11.4 Å². The second-order valence-electron chi connectivity index (χ2n) is 4.28. The molecule has 0 aliphatic heterocycles. The summed E-state index contributed by atoms with van der Waals surface area (Å²) in [5.41, 5.74) is 0.817. The molecule has 2 rings (SSSR count). The number of carbonyl (C=O) groups is 2. The molecule has 0 fully saturated rings. The molecule has 2 aromatic heterocycles. The Balaban J connectivity index is 2.01. The Kier molecular flexibility index (Phi) is 5.17. The topological polar surface area (TPSA) is 57.6 Å². The van der Waals surface area contributed by atoms with E-state index in [0.717, 1.165) is 16.5 Å². The van der Waals surface area contributed by atoms with E-state index in [1.54, 1.807) is 24.1 Å². The van der Waals surface area contributed by atoms with Gasteiger partial charge < -0.3 is 10.0 Å². The molecule has 0 unspecified atom stereocenters. The fourth-order valence-corrected chi connectivity index (χ4v) is 3.60. The van der Waals surface area contributed by atoms with Gasteiger partial charge in [-0.05, 0) is 35.2 Å². The second kappa shape index (κ2) is 6.89. The van der Waals surface area contributed by atoms with Gasteiger partial charge in [-0.2, -0.15) is 0 Å². The number of amides is 1. The molecule has 0 saturated heterocycles. The molecule has 4 nitrogen and oxygen atoms in total. The van der Waals surface area contributed by atoms with Gasteiger partial charge in [-0.15, -0.1) is 22.7 Å². The molecule has 0 aliphatic rings. The van der Waals surface area contributed by atoms with Crippen molar-refractivity contribution in [3.8, 4) is 0 Å². The average molecular weight is 342 g/mol. The summed E-state index contributed by atoms with van der Waals surface area (Å²) in [6, 6.07) is 5.28. The SMILES string of the molecule is CN(Cc1cc(C=CC(=O)O)cs1)C(=O)c1ccc(Cl)s1. The van der Waals surface area contributed by atoms with E-state index in [9.17, 15) is 9.59 Å². The van der Waals surface area contributed by atoms with Crippen molar-refractivity contribution in [1.82, 2.24) is 4.90 Å². The molecule has 7 heteroatoms. The van der Waals surface area contributed by atoms with Crippen molar-refractivity contribution >= 4 is 52.2 Å². The first-order valence-electron chi connectivity index (χ1n) is 5.95. The number of hydrogen-bond acceptors (Lipinski definition) is 4. The maximum atomic E-state index is 12.2.